The zero-order valence-corrected chi connectivity index (χ0v) is 18.3. The molecular formula is C20H25IN6O. The summed E-state index contributed by atoms with van der Waals surface area (Å²) in [5.74, 6) is 1.63. The van der Waals surface area contributed by atoms with E-state index in [1.54, 1.807) is 18.1 Å². The molecule has 1 heterocycles. The average Bonchev–Trinajstić information content (AvgIpc) is 3.26. The number of halogens is 1. The highest BCUT2D eigenvalue weighted by atomic mass is 127. The lowest BCUT2D eigenvalue weighted by Gasteiger charge is -2.12. The molecule has 0 atom stereocenters. The average molecular weight is 492 g/mol. The van der Waals surface area contributed by atoms with Crippen molar-refractivity contribution < 1.29 is 4.74 Å². The van der Waals surface area contributed by atoms with Gasteiger partial charge in [0, 0.05) is 13.1 Å². The van der Waals surface area contributed by atoms with Gasteiger partial charge in [0.2, 0.25) is 0 Å². The van der Waals surface area contributed by atoms with E-state index in [1.807, 2.05) is 36.4 Å². The van der Waals surface area contributed by atoms with Gasteiger partial charge in [-0.3, -0.25) is 0 Å². The number of hydrogen-bond donors (Lipinski definition) is 2. The minimum atomic E-state index is 0. The van der Waals surface area contributed by atoms with E-state index in [0.717, 1.165) is 35.1 Å². The number of aliphatic imine (C=N–C) groups is 1. The fourth-order valence-electron chi connectivity index (χ4n) is 2.54. The van der Waals surface area contributed by atoms with Gasteiger partial charge in [0.05, 0.1) is 19.3 Å². The van der Waals surface area contributed by atoms with Crippen LogP contribution in [0, 0.1) is 0 Å². The topological polar surface area (TPSA) is 76.4 Å². The molecule has 0 unspecified atom stereocenters. The SMILES string of the molecule is CCNC(=NCc1ccc(OC)cc1)NCc1ccc(-n2cncn2)cc1.I. The van der Waals surface area contributed by atoms with E-state index in [0.29, 0.717) is 13.1 Å². The maximum atomic E-state index is 5.18. The maximum Gasteiger partial charge on any atom is 0.191 e. The number of nitrogens with zero attached hydrogens (tertiary/aromatic N) is 4. The lowest BCUT2D eigenvalue weighted by atomic mass is 10.2. The molecular weight excluding hydrogens is 467 g/mol. The summed E-state index contributed by atoms with van der Waals surface area (Å²) in [6.45, 7) is 4.15. The van der Waals surface area contributed by atoms with Crippen LogP contribution in [0.15, 0.2) is 66.2 Å². The van der Waals surface area contributed by atoms with Crippen molar-refractivity contribution in [3.63, 3.8) is 0 Å². The molecule has 0 spiro atoms. The minimum absolute atomic E-state index is 0. The van der Waals surface area contributed by atoms with Crippen LogP contribution >= 0.6 is 24.0 Å². The van der Waals surface area contributed by atoms with Crippen molar-refractivity contribution in [3.05, 3.63) is 72.3 Å². The molecule has 3 aromatic rings. The van der Waals surface area contributed by atoms with Crippen LogP contribution in [0.25, 0.3) is 5.69 Å². The summed E-state index contributed by atoms with van der Waals surface area (Å²) in [6, 6.07) is 16.1. The first-order chi connectivity index (χ1) is 13.3. The monoisotopic (exact) mass is 492 g/mol. The molecule has 0 amide bonds. The van der Waals surface area contributed by atoms with Crippen LogP contribution in [-0.2, 0) is 13.1 Å². The molecule has 0 aliphatic rings. The molecule has 3 rings (SSSR count). The Hall–Kier alpha value is -2.62. The van der Waals surface area contributed by atoms with Gasteiger partial charge in [-0.1, -0.05) is 24.3 Å². The van der Waals surface area contributed by atoms with Crippen LogP contribution in [0.3, 0.4) is 0 Å². The van der Waals surface area contributed by atoms with Gasteiger partial charge in [0.15, 0.2) is 5.96 Å². The predicted octanol–water partition coefficient (Wildman–Crippen LogP) is 3.15. The van der Waals surface area contributed by atoms with Crippen molar-refractivity contribution in [1.29, 1.82) is 0 Å². The Kier molecular flexibility index (Phi) is 8.73. The minimum Gasteiger partial charge on any atom is -0.497 e. The van der Waals surface area contributed by atoms with Crippen molar-refractivity contribution in [3.8, 4) is 11.4 Å². The second-order valence-electron chi connectivity index (χ2n) is 5.90. The van der Waals surface area contributed by atoms with Crippen molar-refractivity contribution in [2.24, 2.45) is 4.99 Å². The predicted molar refractivity (Wildman–Crippen MR) is 121 cm³/mol. The molecule has 0 bridgehead atoms. The summed E-state index contributed by atoms with van der Waals surface area (Å²) in [7, 11) is 1.67. The molecule has 0 saturated heterocycles. The van der Waals surface area contributed by atoms with Gasteiger partial charge in [-0.05, 0) is 42.3 Å². The van der Waals surface area contributed by atoms with Crippen LogP contribution < -0.4 is 15.4 Å². The van der Waals surface area contributed by atoms with Gasteiger partial charge in [-0.2, -0.15) is 5.10 Å². The van der Waals surface area contributed by atoms with Crippen molar-refractivity contribution >= 4 is 29.9 Å². The Morgan fingerprint density at radius 2 is 1.75 bits per heavy atom. The Morgan fingerprint density at radius 3 is 2.36 bits per heavy atom. The highest BCUT2D eigenvalue weighted by Crippen LogP contribution is 2.12. The summed E-state index contributed by atoms with van der Waals surface area (Å²) in [6.07, 6.45) is 3.21. The van der Waals surface area contributed by atoms with Crippen molar-refractivity contribution in [2.45, 2.75) is 20.0 Å². The molecule has 0 aliphatic heterocycles. The van der Waals surface area contributed by atoms with Crippen LogP contribution in [-0.4, -0.2) is 34.4 Å². The molecule has 0 saturated carbocycles. The van der Waals surface area contributed by atoms with Gasteiger partial charge < -0.3 is 15.4 Å². The molecule has 8 heteroatoms. The molecule has 28 heavy (non-hydrogen) atoms. The molecule has 0 aliphatic carbocycles. The van der Waals surface area contributed by atoms with E-state index < -0.39 is 0 Å². The molecule has 7 nitrogen and oxygen atoms in total. The van der Waals surface area contributed by atoms with Gasteiger partial charge in [0.1, 0.15) is 18.4 Å². The Bertz CT molecular complexity index is 847. The first-order valence-electron chi connectivity index (χ1n) is 8.87. The van der Waals surface area contributed by atoms with Gasteiger partial charge >= 0.3 is 0 Å². The highest BCUT2D eigenvalue weighted by Gasteiger charge is 2.01. The van der Waals surface area contributed by atoms with Gasteiger partial charge in [-0.15, -0.1) is 24.0 Å². The summed E-state index contributed by atoms with van der Waals surface area (Å²) >= 11 is 0. The number of nitrogens with one attached hydrogen (secondary N) is 2. The lowest BCUT2D eigenvalue weighted by molar-refractivity contribution is 0.414. The maximum absolute atomic E-state index is 5.18. The quantitative estimate of drug-likeness (QED) is 0.301. The molecule has 0 fully saturated rings. The van der Waals surface area contributed by atoms with E-state index >= 15 is 0 Å². The Morgan fingerprint density at radius 1 is 1.04 bits per heavy atom. The zero-order chi connectivity index (χ0) is 18.9. The molecule has 1 aromatic heterocycles. The van der Waals surface area contributed by atoms with Crippen LogP contribution in [0.2, 0.25) is 0 Å². The third-order valence-electron chi connectivity index (χ3n) is 4.00. The van der Waals surface area contributed by atoms with E-state index in [9.17, 15) is 0 Å². The Labute approximate surface area is 182 Å². The van der Waals surface area contributed by atoms with Crippen LogP contribution in [0.1, 0.15) is 18.1 Å². The van der Waals surface area contributed by atoms with E-state index in [-0.39, 0.29) is 24.0 Å². The second kappa shape index (κ2) is 11.3. The van der Waals surface area contributed by atoms with E-state index in [2.05, 4.69) is 44.8 Å². The third kappa shape index (κ3) is 6.22. The summed E-state index contributed by atoms with van der Waals surface area (Å²) < 4.78 is 6.92. The normalized spacial score (nSPS) is 10.9. The van der Waals surface area contributed by atoms with Gasteiger partial charge in [0.25, 0.3) is 0 Å². The fraction of sp³-hybridized carbons (Fsp3) is 0.250. The highest BCUT2D eigenvalue weighted by molar-refractivity contribution is 14.0. The zero-order valence-electron chi connectivity index (χ0n) is 16.0. The second-order valence-corrected chi connectivity index (χ2v) is 5.90. The first-order valence-corrected chi connectivity index (χ1v) is 8.87. The van der Waals surface area contributed by atoms with Gasteiger partial charge in [-0.25, -0.2) is 14.7 Å². The van der Waals surface area contributed by atoms with E-state index in [1.165, 1.54) is 6.33 Å². The number of benzene rings is 2. The number of rotatable bonds is 7. The Balaban J connectivity index is 0.00000280. The summed E-state index contributed by atoms with van der Waals surface area (Å²) in [4.78, 5) is 8.61. The number of hydrogen-bond acceptors (Lipinski definition) is 4. The van der Waals surface area contributed by atoms with Crippen molar-refractivity contribution in [1.82, 2.24) is 25.4 Å². The standard InChI is InChI=1S/C20H24N6O.HI/c1-3-22-20(24-13-17-6-10-19(27-2)11-7-17)23-12-16-4-8-18(9-5-16)26-15-21-14-25-26;/h4-11,14-15H,3,12-13H2,1-2H3,(H2,22,23,24);1H. The third-order valence-corrected chi connectivity index (χ3v) is 4.00. The first kappa shape index (κ1) is 21.7. The van der Waals surface area contributed by atoms with Crippen LogP contribution in [0.5, 0.6) is 5.75 Å². The molecule has 2 aromatic carbocycles. The number of aromatic nitrogens is 3. The number of ether oxygens (including phenoxy) is 1. The molecule has 148 valence electrons. The fourth-order valence-corrected chi connectivity index (χ4v) is 2.54. The lowest BCUT2D eigenvalue weighted by Crippen LogP contribution is -2.36. The summed E-state index contributed by atoms with van der Waals surface area (Å²) in [5, 5.41) is 10.8. The number of guanidine groups is 1. The molecule has 0 radical (unpaired) electrons. The number of methoxy groups -OCH3 is 1. The molecule has 2 N–H and O–H groups in total. The smallest absolute Gasteiger partial charge is 0.191 e. The van der Waals surface area contributed by atoms with Crippen molar-refractivity contribution in [2.75, 3.05) is 13.7 Å². The largest absolute Gasteiger partial charge is 0.497 e. The van der Waals surface area contributed by atoms with E-state index in [4.69, 9.17) is 4.74 Å². The van der Waals surface area contributed by atoms with Crippen LogP contribution in [0.4, 0.5) is 0 Å². The summed E-state index contributed by atoms with van der Waals surface area (Å²) in [5.41, 5.74) is 3.27.